The lowest BCUT2D eigenvalue weighted by Crippen LogP contribution is -2.24. The van der Waals surface area contributed by atoms with E-state index in [4.69, 9.17) is 9.47 Å². The summed E-state index contributed by atoms with van der Waals surface area (Å²) >= 11 is 7.15. The van der Waals surface area contributed by atoms with Gasteiger partial charge in [-0.25, -0.2) is 0 Å². The molecule has 1 saturated heterocycles. The fraction of sp³-hybridized carbons (Fsp3) is 0.600. The number of rotatable bonds is 5. The first kappa shape index (κ1) is 16.3. The minimum Gasteiger partial charge on any atom is -0.489 e. The van der Waals surface area contributed by atoms with E-state index in [2.05, 4.69) is 63.2 Å². The lowest BCUT2D eigenvalue weighted by molar-refractivity contribution is -0.0328. The van der Waals surface area contributed by atoms with Crippen LogP contribution in [0.25, 0.3) is 0 Å². The van der Waals surface area contributed by atoms with E-state index in [0.717, 1.165) is 34.1 Å². The van der Waals surface area contributed by atoms with Gasteiger partial charge in [0.05, 0.1) is 20.7 Å². The molecule has 112 valence electrons. The maximum absolute atomic E-state index is 5.95. The summed E-state index contributed by atoms with van der Waals surface area (Å²) in [6.45, 7) is 5.68. The van der Waals surface area contributed by atoms with Gasteiger partial charge in [-0.15, -0.1) is 0 Å². The van der Waals surface area contributed by atoms with Gasteiger partial charge in [0.2, 0.25) is 0 Å². The van der Waals surface area contributed by atoms with Gasteiger partial charge in [0.25, 0.3) is 0 Å². The quantitative estimate of drug-likeness (QED) is 0.791. The van der Waals surface area contributed by atoms with Gasteiger partial charge in [-0.05, 0) is 83.3 Å². The monoisotopic (exact) mass is 405 g/mol. The van der Waals surface area contributed by atoms with Crippen molar-refractivity contribution in [3.05, 3.63) is 26.6 Å². The molecule has 1 aliphatic heterocycles. The van der Waals surface area contributed by atoms with Crippen LogP contribution in [0.1, 0.15) is 32.3 Å². The maximum atomic E-state index is 5.95. The fourth-order valence-corrected chi connectivity index (χ4v) is 3.94. The molecule has 0 bridgehead atoms. The molecule has 1 N–H and O–H groups in total. The number of ether oxygens (including phenoxy) is 2. The third-order valence-corrected chi connectivity index (χ3v) is 4.58. The molecule has 0 amide bonds. The van der Waals surface area contributed by atoms with Crippen molar-refractivity contribution >= 4 is 31.9 Å². The van der Waals surface area contributed by atoms with Gasteiger partial charge in [-0.3, -0.25) is 0 Å². The highest BCUT2D eigenvalue weighted by molar-refractivity contribution is 9.11. The fourth-order valence-electron chi connectivity index (χ4n) is 2.43. The number of halogens is 2. The Morgan fingerprint density at radius 2 is 2.00 bits per heavy atom. The first-order chi connectivity index (χ1) is 9.41. The zero-order valence-electron chi connectivity index (χ0n) is 12.1. The maximum Gasteiger partial charge on any atom is 0.147 e. The summed E-state index contributed by atoms with van der Waals surface area (Å²) in [6, 6.07) is 4.16. The molecule has 0 radical (unpaired) electrons. The summed E-state index contributed by atoms with van der Waals surface area (Å²) < 4.78 is 13.8. The topological polar surface area (TPSA) is 30.5 Å². The predicted molar refractivity (Wildman–Crippen MR) is 88.3 cm³/mol. The summed E-state index contributed by atoms with van der Waals surface area (Å²) in [4.78, 5) is 0. The Kier molecular flexibility index (Phi) is 5.51. The molecule has 0 aliphatic carbocycles. The van der Waals surface area contributed by atoms with Crippen molar-refractivity contribution in [1.29, 1.82) is 0 Å². The first-order valence-corrected chi connectivity index (χ1v) is 8.43. The smallest absolute Gasteiger partial charge is 0.147 e. The summed E-state index contributed by atoms with van der Waals surface area (Å²) in [5, 5.41) is 3.14. The van der Waals surface area contributed by atoms with E-state index in [1.807, 2.05) is 7.05 Å². The molecule has 5 heteroatoms. The minimum atomic E-state index is -0.0147. The Balaban J connectivity index is 1.99. The molecule has 3 nitrogen and oxygen atoms in total. The van der Waals surface area contributed by atoms with Crippen molar-refractivity contribution in [2.45, 2.75) is 44.9 Å². The Bertz CT molecular complexity index is 454. The zero-order valence-corrected chi connectivity index (χ0v) is 15.3. The van der Waals surface area contributed by atoms with Crippen LogP contribution in [0.5, 0.6) is 5.75 Å². The summed E-state index contributed by atoms with van der Waals surface area (Å²) in [5.74, 6) is 0.846. The second-order valence-corrected chi connectivity index (χ2v) is 7.48. The van der Waals surface area contributed by atoms with Gasteiger partial charge in [-0.1, -0.05) is 0 Å². The Labute approximate surface area is 137 Å². The predicted octanol–water partition coefficient (Wildman–Crippen LogP) is 4.27. The van der Waals surface area contributed by atoms with E-state index in [-0.39, 0.29) is 11.7 Å². The highest BCUT2D eigenvalue weighted by Crippen LogP contribution is 2.36. The third-order valence-electron chi connectivity index (χ3n) is 3.41. The first-order valence-electron chi connectivity index (χ1n) is 6.84. The molecule has 0 saturated carbocycles. The van der Waals surface area contributed by atoms with Crippen molar-refractivity contribution < 1.29 is 9.47 Å². The summed E-state index contributed by atoms with van der Waals surface area (Å²) in [7, 11) is 1.94. The highest BCUT2D eigenvalue weighted by atomic mass is 79.9. The molecular formula is C15H21Br2NO2. The van der Waals surface area contributed by atoms with Crippen molar-refractivity contribution in [1.82, 2.24) is 5.32 Å². The molecule has 1 heterocycles. The SMILES string of the molecule is CNCc1cc(Br)c(OCC2CCC(C)(C)O2)c(Br)c1. The van der Waals surface area contributed by atoms with Gasteiger partial charge in [0, 0.05) is 6.54 Å². The van der Waals surface area contributed by atoms with Gasteiger partial charge in [0.1, 0.15) is 12.4 Å². The van der Waals surface area contributed by atoms with Gasteiger partial charge >= 0.3 is 0 Å². The van der Waals surface area contributed by atoms with Crippen molar-refractivity contribution in [2.24, 2.45) is 0 Å². The van der Waals surface area contributed by atoms with Crippen molar-refractivity contribution in [2.75, 3.05) is 13.7 Å². The molecule has 1 aromatic carbocycles. The van der Waals surface area contributed by atoms with E-state index < -0.39 is 0 Å². The van der Waals surface area contributed by atoms with E-state index >= 15 is 0 Å². The van der Waals surface area contributed by atoms with Crippen LogP contribution in [0.15, 0.2) is 21.1 Å². The molecule has 1 fully saturated rings. The lowest BCUT2D eigenvalue weighted by Gasteiger charge is -2.20. The minimum absolute atomic E-state index is 0.0147. The summed E-state index contributed by atoms with van der Waals surface area (Å²) in [5.41, 5.74) is 1.19. The van der Waals surface area contributed by atoms with E-state index in [9.17, 15) is 0 Å². The largest absolute Gasteiger partial charge is 0.489 e. The van der Waals surface area contributed by atoms with Crippen LogP contribution in [0.2, 0.25) is 0 Å². The normalized spacial score (nSPS) is 21.1. The standard InChI is InChI=1S/C15H21Br2NO2/c1-15(2)5-4-11(20-15)9-19-14-12(16)6-10(8-18-3)7-13(14)17/h6-7,11,18H,4-5,8-9H2,1-3H3. The number of hydrogen-bond acceptors (Lipinski definition) is 3. The zero-order chi connectivity index (χ0) is 14.8. The number of nitrogens with one attached hydrogen (secondary N) is 1. The van der Waals surface area contributed by atoms with Crippen LogP contribution in [0, 0.1) is 0 Å². The molecule has 0 spiro atoms. The molecule has 1 aromatic rings. The summed E-state index contributed by atoms with van der Waals surface area (Å²) in [6.07, 6.45) is 2.32. The average molecular weight is 407 g/mol. The Morgan fingerprint density at radius 3 is 2.50 bits per heavy atom. The van der Waals surface area contributed by atoms with Crippen LogP contribution in [0.3, 0.4) is 0 Å². The molecule has 1 aliphatic rings. The van der Waals surface area contributed by atoms with E-state index in [1.54, 1.807) is 0 Å². The molecule has 20 heavy (non-hydrogen) atoms. The molecular weight excluding hydrogens is 386 g/mol. The van der Waals surface area contributed by atoms with E-state index in [1.165, 1.54) is 5.56 Å². The van der Waals surface area contributed by atoms with Gasteiger partial charge in [0.15, 0.2) is 0 Å². The molecule has 1 unspecified atom stereocenters. The lowest BCUT2D eigenvalue weighted by atomic mass is 10.1. The average Bonchev–Trinajstić information content (AvgIpc) is 2.68. The highest BCUT2D eigenvalue weighted by Gasteiger charge is 2.32. The molecule has 1 atom stereocenters. The second-order valence-electron chi connectivity index (χ2n) is 5.77. The van der Waals surface area contributed by atoms with Gasteiger partial charge < -0.3 is 14.8 Å². The Morgan fingerprint density at radius 1 is 1.35 bits per heavy atom. The van der Waals surface area contributed by atoms with Crippen molar-refractivity contribution in [3.63, 3.8) is 0 Å². The van der Waals surface area contributed by atoms with Crippen LogP contribution in [-0.4, -0.2) is 25.4 Å². The van der Waals surface area contributed by atoms with Crippen LogP contribution >= 0.6 is 31.9 Å². The third kappa shape index (κ3) is 4.20. The van der Waals surface area contributed by atoms with Gasteiger partial charge in [-0.2, -0.15) is 0 Å². The van der Waals surface area contributed by atoms with Crippen molar-refractivity contribution in [3.8, 4) is 5.75 Å². The molecule has 2 rings (SSSR count). The van der Waals surface area contributed by atoms with Crippen LogP contribution < -0.4 is 10.1 Å². The van der Waals surface area contributed by atoms with E-state index in [0.29, 0.717) is 6.61 Å². The number of hydrogen-bond donors (Lipinski definition) is 1. The van der Waals surface area contributed by atoms with Crippen LogP contribution in [-0.2, 0) is 11.3 Å². The Hall–Kier alpha value is -0.100. The van der Waals surface area contributed by atoms with Crippen LogP contribution in [0.4, 0.5) is 0 Å². The molecule has 0 aromatic heterocycles. The number of benzene rings is 1. The second kappa shape index (κ2) is 6.77.